The molecule has 1 amide bonds. The largest absolute Gasteiger partial charge is 0.481 e. The summed E-state index contributed by atoms with van der Waals surface area (Å²) >= 11 is 0. The third-order valence-corrected chi connectivity index (χ3v) is 5.46. The first-order valence-electron chi connectivity index (χ1n) is 9.52. The minimum absolute atomic E-state index is 0.0910. The van der Waals surface area contributed by atoms with Crippen LogP contribution in [0.1, 0.15) is 10.4 Å². The molecular weight excluding hydrogens is 463 g/mol. The van der Waals surface area contributed by atoms with Crippen LogP contribution in [0.3, 0.4) is 0 Å². The van der Waals surface area contributed by atoms with Crippen molar-refractivity contribution in [2.75, 3.05) is 24.9 Å². The molecule has 3 aromatic rings. The van der Waals surface area contributed by atoms with Crippen molar-refractivity contribution >= 4 is 21.6 Å². The molecule has 0 atom stereocenters. The van der Waals surface area contributed by atoms with Gasteiger partial charge in [0.1, 0.15) is 29.8 Å². The highest BCUT2D eigenvalue weighted by Gasteiger charge is 2.19. The Hall–Kier alpha value is -3.54. The summed E-state index contributed by atoms with van der Waals surface area (Å²) in [7, 11) is -2.12. The van der Waals surface area contributed by atoms with E-state index in [9.17, 15) is 26.4 Å². The van der Waals surface area contributed by atoms with Crippen molar-refractivity contribution in [2.24, 2.45) is 7.05 Å². The Morgan fingerprint density at radius 2 is 1.85 bits per heavy atom. The molecule has 1 N–H and O–H groups in total. The molecule has 0 unspecified atom stereocenters. The van der Waals surface area contributed by atoms with E-state index in [4.69, 9.17) is 9.47 Å². The van der Waals surface area contributed by atoms with E-state index >= 15 is 0 Å². The fraction of sp³-hybridized carbons (Fsp3) is 0.238. The highest BCUT2D eigenvalue weighted by molar-refractivity contribution is 7.90. The maximum Gasteiger partial charge on any atom is 0.257 e. The summed E-state index contributed by atoms with van der Waals surface area (Å²) in [5, 5.41) is 6.61. The molecule has 0 aliphatic rings. The predicted octanol–water partition coefficient (Wildman–Crippen LogP) is 3.69. The van der Waals surface area contributed by atoms with Crippen molar-refractivity contribution in [3.05, 3.63) is 60.0 Å². The lowest BCUT2D eigenvalue weighted by molar-refractivity contribution is 0.102. The van der Waals surface area contributed by atoms with Crippen molar-refractivity contribution in [2.45, 2.75) is 11.0 Å². The van der Waals surface area contributed by atoms with Gasteiger partial charge in [0.25, 0.3) is 5.91 Å². The number of benzene rings is 2. The zero-order valence-electron chi connectivity index (χ0n) is 17.6. The van der Waals surface area contributed by atoms with Gasteiger partial charge in [0.2, 0.25) is 0 Å². The second kappa shape index (κ2) is 9.94. The third kappa shape index (κ3) is 6.04. The van der Waals surface area contributed by atoms with Gasteiger partial charge in [-0.2, -0.15) is 5.10 Å². The van der Waals surface area contributed by atoms with E-state index < -0.39 is 45.9 Å². The topological polar surface area (TPSA) is 99.5 Å². The SMILES string of the molecule is Cn1ccc(NC(=O)c2ccc(OC(CF)CF)c(Oc3ccc(S(C)(=O)=O)c(F)c3)c2)n1. The number of nitrogens with one attached hydrogen (secondary N) is 1. The minimum atomic E-state index is -3.80. The van der Waals surface area contributed by atoms with Gasteiger partial charge in [0.05, 0.1) is 0 Å². The molecule has 1 aromatic heterocycles. The standard InChI is InChI=1S/C21H20F3N3O5S/c1-27-8-7-20(26-27)25-21(28)13-3-5-17(32-15(11-22)12-23)18(9-13)31-14-4-6-19(16(24)10-14)33(2,29)30/h3-10,15H,11-12H2,1-2H3,(H,25,26,28). The lowest BCUT2D eigenvalue weighted by atomic mass is 10.2. The summed E-state index contributed by atoms with van der Waals surface area (Å²) in [6.45, 7) is -2.23. The Kier molecular flexibility index (Phi) is 7.26. The van der Waals surface area contributed by atoms with Gasteiger partial charge in [-0.3, -0.25) is 9.48 Å². The first-order valence-corrected chi connectivity index (χ1v) is 11.4. The number of hydrogen-bond acceptors (Lipinski definition) is 6. The highest BCUT2D eigenvalue weighted by atomic mass is 32.2. The quantitative estimate of drug-likeness (QED) is 0.498. The van der Waals surface area contributed by atoms with E-state index in [1.54, 1.807) is 19.3 Å². The van der Waals surface area contributed by atoms with Crippen LogP contribution in [-0.4, -0.2) is 49.8 Å². The van der Waals surface area contributed by atoms with Crippen LogP contribution < -0.4 is 14.8 Å². The number of hydrogen-bond donors (Lipinski definition) is 1. The molecule has 0 spiro atoms. The smallest absolute Gasteiger partial charge is 0.257 e. The van der Waals surface area contributed by atoms with Crippen LogP contribution in [-0.2, 0) is 16.9 Å². The molecule has 0 bridgehead atoms. The van der Waals surface area contributed by atoms with Crippen LogP contribution in [0.5, 0.6) is 17.2 Å². The van der Waals surface area contributed by atoms with E-state index in [-0.39, 0.29) is 22.8 Å². The van der Waals surface area contributed by atoms with Gasteiger partial charge in [-0.15, -0.1) is 0 Å². The van der Waals surface area contributed by atoms with Gasteiger partial charge in [0.15, 0.2) is 33.3 Å². The Morgan fingerprint density at radius 1 is 1.12 bits per heavy atom. The summed E-state index contributed by atoms with van der Waals surface area (Å²) in [6.07, 6.45) is 1.07. The number of rotatable bonds is 9. The Balaban J connectivity index is 1.94. The molecule has 0 saturated heterocycles. The Labute approximate surface area is 187 Å². The van der Waals surface area contributed by atoms with Crippen LogP contribution in [0.25, 0.3) is 0 Å². The monoisotopic (exact) mass is 483 g/mol. The minimum Gasteiger partial charge on any atom is -0.481 e. The van der Waals surface area contributed by atoms with Crippen LogP contribution in [0.15, 0.2) is 53.6 Å². The second-order valence-electron chi connectivity index (χ2n) is 7.01. The number of ether oxygens (including phenoxy) is 2. The van der Waals surface area contributed by atoms with E-state index in [2.05, 4.69) is 10.4 Å². The maximum atomic E-state index is 14.3. The first-order chi connectivity index (χ1) is 15.6. The number of carbonyl (C=O) groups excluding carboxylic acids is 1. The van der Waals surface area contributed by atoms with Gasteiger partial charge >= 0.3 is 0 Å². The van der Waals surface area contributed by atoms with Crippen molar-refractivity contribution in [3.63, 3.8) is 0 Å². The molecule has 1 heterocycles. The van der Waals surface area contributed by atoms with Crippen molar-refractivity contribution in [3.8, 4) is 17.2 Å². The molecule has 3 rings (SSSR count). The molecule has 2 aromatic carbocycles. The third-order valence-electron chi connectivity index (χ3n) is 4.33. The summed E-state index contributed by atoms with van der Waals surface area (Å²) in [4.78, 5) is 12.1. The second-order valence-corrected chi connectivity index (χ2v) is 8.99. The number of aryl methyl sites for hydroxylation is 1. The number of alkyl halides is 2. The Bertz CT molecular complexity index is 1260. The van der Waals surface area contributed by atoms with Gasteiger partial charge < -0.3 is 14.8 Å². The molecule has 12 heteroatoms. The first kappa shape index (κ1) is 24.1. The van der Waals surface area contributed by atoms with Gasteiger partial charge in [-0.25, -0.2) is 21.6 Å². The Morgan fingerprint density at radius 3 is 2.42 bits per heavy atom. The number of amides is 1. The number of aromatic nitrogens is 2. The number of carbonyl (C=O) groups is 1. The fourth-order valence-corrected chi connectivity index (χ4v) is 3.48. The highest BCUT2D eigenvalue weighted by Crippen LogP contribution is 2.34. The lowest BCUT2D eigenvalue weighted by Gasteiger charge is -2.17. The number of anilines is 1. The zero-order chi connectivity index (χ0) is 24.2. The zero-order valence-corrected chi connectivity index (χ0v) is 18.4. The predicted molar refractivity (Wildman–Crippen MR) is 114 cm³/mol. The van der Waals surface area contributed by atoms with Crippen LogP contribution in [0.2, 0.25) is 0 Å². The molecule has 0 saturated carbocycles. The molecular formula is C21H20F3N3O5S. The number of halogens is 3. The molecule has 176 valence electrons. The van der Waals surface area contributed by atoms with Gasteiger partial charge in [-0.1, -0.05) is 0 Å². The lowest BCUT2D eigenvalue weighted by Crippen LogP contribution is -2.21. The van der Waals surface area contributed by atoms with Gasteiger partial charge in [0, 0.05) is 37.2 Å². The maximum absolute atomic E-state index is 14.3. The summed E-state index contributed by atoms with van der Waals surface area (Å²) in [5.74, 6) is -1.68. The van der Waals surface area contributed by atoms with E-state index in [0.29, 0.717) is 5.82 Å². The van der Waals surface area contributed by atoms with Crippen LogP contribution in [0, 0.1) is 5.82 Å². The molecule has 0 radical (unpaired) electrons. The van der Waals surface area contributed by atoms with Gasteiger partial charge in [-0.05, 0) is 30.3 Å². The van der Waals surface area contributed by atoms with Crippen LogP contribution >= 0.6 is 0 Å². The average molecular weight is 483 g/mol. The van der Waals surface area contributed by atoms with Crippen molar-refractivity contribution in [1.29, 1.82) is 0 Å². The molecule has 0 aliphatic carbocycles. The number of nitrogens with zero attached hydrogens (tertiary/aromatic N) is 2. The average Bonchev–Trinajstić information content (AvgIpc) is 3.16. The normalized spacial score (nSPS) is 11.5. The molecule has 8 nitrogen and oxygen atoms in total. The van der Waals surface area contributed by atoms with E-state index in [1.807, 2.05) is 0 Å². The van der Waals surface area contributed by atoms with E-state index in [1.165, 1.54) is 28.9 Å². The molecule has 33 heavy (non-hydrogen) atoms. The van der Waals surface area contributed by atoms with E-state index in [0.717, 1.165) is 18.4 Å². The van der Waals surface area contributed by atoms with Crippen molar-refractivity contribution in [1.82, 2.24) is 9.78 Å². The van der Waals surface area contributed by atoms with Crippen molar-refractivity contribution < 1.29 is 35.9 Å². The van der Waals surface area contributed by atoms with Crippen LogP contribution in [0.4, 0.5) is 19.0 Å². The number of sulfone groups is 1. The fourth-order valence-electron chi connectivity index (χ4n) is 2.75. The summed E-state index contributed by atoms with van der Waals surface area (Å²) < 4.78 is 75.8. The molecule has 0 aliphatic heterocycles. The molecule has 0 fully saturated rings. The summed E-state index contributed by atoms with van der Waals surface area (Å²) in [6, 6.07) is 8.50. The summed E-state index contributed by atoms with van der Waals surface area (Å²) in [5.41, 5.74) is 0.0910.